The summed E-state index contributed by atoms with van der Waals surface area (Å²) >= 11 is 0. The number of carbonyl (C=O) groups is 1. The summed E-state index contributed by atoms with van der Waals surface area (Å²) in [7, 11) is 3.55. The molecular weight excluding hydrogens is 378 g/mol. The second-order valence-corrected chi connectivity index (χ2v) is 8.65. The molecule has 2 aromatic carbocycles. The van der Waals surface area contributed by atoms with E-state index in [1.165, 1.54) is 32.5 Å². The van der Waals surface area contributed by atoms with Gasteiger partial charge in [0.2, 0.25) is 0 Å². The van der Waals surface area contributed by atoms with E-state index in [0.717, 1.165) is 40.9 Å². The highest BCUT2D eigenvalue weighted by Gasteiger charge is 2.31. The number of likely N-dealkylation sites (tertiary alicyclic amines) is 1. The smallest absolute Gasteiger partial charge is 0.253 e. The maximum Gasteiger partial charge on any atom is 0.253 e. The van der Waals surface area contributed by atoms with Gasteiger partial charge in [0.25, 0.3) is 5.91 Å². The van der Waals surface area contributed by atoms with Crippen LogP contribution in [-0.2, 0) is 0 Å². The molecule has 0 bridgehead atoms. The third kappa shape index (κ3) is 3.43. The monoisotopic (exact) mass is 405 g/mol. The molecule has 7 nitrogen and oxygen atoms in total. The van der Waals surface area contributed by atoms with Gasteiger partial charge in [-0.2, -0.15) is 0 Å². The van der Waals surface area contributed by atoms with Crippen molar-refractivity contribution >= 4 is 22.6 Å². The Balaban J connectivity index is 1.46. The van der Waals surface area contributed by atoms with Gasteiger partial charge in [-0.25, -0.2) is 4.63 Å². The lowest BCUT2D eigenvalue weighted by Gasteiger charge is -2.42. The largest absolute Gasteiger partial charge is 0.369 e. The van der Waals surface area contributed by atoms with Gasteiger partial charge >= 0.3 is 0 Å². The van der Waals surface area contributed by atoms with E-state index in [2.05, 4.69) is 26.2 Å². The van der Waals surface area contributed by atoms with E-state index in [1.54, 1.807) is 19.0 Å². The van der Waals surface area contributed by atoms with E-state index in [0.29, 0.717) is 11.5 Å². The van der Waals surface area contributed by atoms with Crippen molar-refractivity contribution in [2.75, 3.05) is 51.7 Å². The van der Waals surface area contributed by atoms with Crippen LogP contribution in [-0.4, -0.2) is 72.8 Å². The van der Waals surface area contributed by atoms with Gasteiger partial charge in [0.15, 0.2) is 5.52 Å². The molecule has 0 unspecified atom stereocenters. The van der Waals surface area contributed by atoms with Crippen LogP contribution in [0.25, 0.3) is 22.2 Å². The maximum absolute atomic E-state index is 12.7. The molecule has 1 aromatic heterocycles. The summed E-state index contributed by atoms with van der Waals surface area (Å²) in [5.41, 5.74) is 5.08. The van der Waals surface area contributed by atoms with E-state index < -0.39 is 0 Å². The summed E-state index contributed by atoms with van der Waals surface area (Å²) in [4.78, 5) is 19.2. The van der Waals surface area contributed by atoms with E-state index >= 15 is 0 Å². The number of rotatable bonds is 5. The highest BCUT2D eigenvalue weighted by molar-refractivity contribution is 6.02. The normalized spacial score (nSPS) is 17.5. The molecule has 0 radical (unpaired) electrons. The zero-order chi connectivity index (χ0) is 20.7. The predicted molar refractivity (Wildman–Crippen MR) is 117 cm³/mol. The van der Waals surface area contributed by atoms with Gasteiger partial charge in [0.05, 0.1) is 5.69 Å². The molecule has 30 heavy (non-hydrogen) atoms. The van der Waals surface area contributed by atoms with Crippen LogP contribution >= 0.6 is 0 Å². The molecule has 0 saturated carbocycles. The fourth-order valence-corrected chi connectivity index (χ4v) is 4.64. The number of carbonyl (C=O) groups excluding carboxylic acids is 1. The van der Waals surface area contributed by atoms with Crippen molar-refractivity contribution in [1.29, 1.82) is 0 Å². The second kappa shape index (κ2) is 7.72. The Morgan fingerprint density at radius 2 is 1.90 bits per heavy atom. The van der Waals surface area contributed by atoms with Gasteiger partial charge in [0.1, 0.15) is 5.52 Å². The number of nitrogens with zero attached hydrogens (tertiary/aromatic N) is 5. The molecule has 156 valence electrons. The molecule has 2 aliphatic rings. The predicted octanol–water partition coefficient (Wildman–Crippen LogP) is 3.12. The third-order valence-corrected chi connectivity index (χ3v) is 6.23. The zero-order valence-corrected chi connectivity index (χ0v) is 17.5. The minimum Gasteiger partial charge on any atom is -0.369 e. The molecule has 0 atom stereocenters. The Kier molecular flexibility index (Phi) is 4.90. The number of benzene rings is 2. The first-order valence-corrected chi connectivity index (χ1v) is 10.6. The van der Waals surface area contributed by atoms with Crippen LogP contribution in [0.2, 0.25) is 0 Å². The molecule has 0 aliphatic carbocycles. The van der Waals surface area contributed by atoms with Gasteiger partial charge in [-0.1, -0.05) is 18.2 Å². The van der Waals surface area contributed by atoms with Crippen molar-refractivity contribution in [3.8, 4) is 11.1 Å². The molecular formula is C23H27N5O2. The number of amides is 1. The van der Waals surface area contributed by atoms with E-state index in [9.17, 15) is 4.79 Å². The van der Waals surface area contributed by atoms with Crippen molar-refractivity contribution in [3.05, 3.63) is 42.0 Å². The van der Waals surface area contributed by atoms with Crippen LogP contribution in [0.1, 0.15) is 23.2 Å². The molecule has 2 aliphatic heterocycles. The fourth-order valence-electron chi connectivity index (χ4n) is 4.64. The summed E-state index contributed by atoms with van der Waals surface area (Å²) in [5, 5.41) is 8.26. The highest BCUT2D eigenvalue weighted by atomic mass is 16.6. The lowest BCUT2D eigenvalue weighted by atomic mass is 9.94. The minimum atomic E-state index is -0.0137. The summed E-state index contributed by atoms with van der Waals surface area (Å²) < 4.78 is 5.06. The van der Waals surface area contributed by atoms with Crippen LogP contribution < -0.4 is 4.90 Å². The summed E-state index contributed by atoms with van der Waals surface area (Å²) in [5.74, 6) is 0.671. The van der Waals surface area contributed by atoms with Gasteiger partial charge < -0.3 is 14.7 Å². The molecule has 3 aromatic rings. The Hall–Kier alpha value is -2.93. The molecule has 1 amide bonds. The Morgan fingerprint density at radius 1 is 1.13 bits per heavy atom. The molecule has 3 heterocycles. The second-order valence-electron chi connectivity index (χ2n) is 8.65. The average Bonchev–Trinajstić information content (AvgIpc) is 3.41. The van der Waals surface area contributed by atoms with Gasteiger partial charge in [-0.05, 0) is 65.6 Å². The SMILES string of the molecule is CN(C)C(=O)c1ccccc1-c1cc(N2CC(CN3CCCC3)C2)c2nonc2c1. The van der Waals surface area contributed by atoms with Crippen molar-refractivity contribution in [2.24, 2.45) is 5.92 Å². The molecule has 5 rings (SSSR count). The highest BCUT2D eigenvalue weighted by Crippen LogP contribution is 2.36. The van der Waals surface area contributed by atoms with Crippen LogP contribution in [0.15, 0.2) is 41.0 Å². The maximum atomic E-state index is 12.7. The quantitative estimate of drug-likeness (QED) is 0.650. The Morgan fingerprint density at radius 3 is 2.67 bits per heavy atom. The molecule has 7 heteroatoms. The number of anilines is 1. The number of hydrogen-bond acceptors (Lipinski definition) is 6. The number of aromatic nitrogens is 2. The lowest BCUT2D eigenvalue weighted by Crippen LogP contribution is -2.51. The fraction of sp³-hybridized carbons (Fsp3) is 0.435. The Bertz CT molecular complexity index is 1060. The summed E-state index contributed by atoms with van der Waals surface area (Å²) in [6.07, 6.45) is 2.66. The van der Waals surface area contributed by atoms with Crippen molar-refractivity contribution < 1.29 is 9.42 Å². The van der Waals surface area contributed by atoms with Crippen molar-refractivity contribution in [2.45, 2.75) is 12.8 Å². The standard InChI is InChI=1S/C23H27N5O2/c1-26(2)23(29)19-8-4-3-7-18(19)17-11-20-22(25-30-24-20)21(12-17)28-14-16(15-28)13-27-9-5-6-10-27/h3-4,7-8,11-12,16H,5-6,9-10,13-15H2,1-2H3. The van der Waals surface area contributed by atoms with E-state index in [-0.39, 0.29) is 5.91 Å². The molecule has 2 fully saturated rings. The topological polar surface area (TPSA) is 65.7 Å². The minimum absolute atomic E-state index is 0.0137. The van der Waals surface area contributed by atoms with Crippen LogP contribution in [0.4, 0.5) is 5.69 Å². The summed E-state index contributed by atoms with van der Waals surface area (Å²) in [6, 6.07) is 11.8. The lowest BCUT2D eigenvalue weighted by molar-refractivity contribution is 0.0828. The first-order valence-electron chi connectivity index (χ1n) is 10.6. The summed E-state index contributed by atoms with van der Waals surface area (Å²) in [6.45, 7) is 5.68. The van der Waals surface area contributed by atoms with Crippen LogP contribution in [0, 0.1) is 5.92 Å². The van der Waals surface area contributed by atoms with Crippen LogP contribution in [0.3, 0.4) is 0 Å². The molecule has 2 saturated heterocycles. The first kappa shape index (κ1) is 19.1. The first-order chi connectivity index (χ1) is 14.6. The third-order valence-electron chi connectivity index (χ3n) is 6.23. The zero-order valence-electron chi connectivity index (χ0n) is 17.5. The van der Waals surface area contributed by atoms with E-state index in [4.69, 9.17) is 4.63 Å². The molecule has 0 spiro atoms. The number of fused-ring (bicyclic) bond motifs is 1. The molecule has 0 N–H and O–H groups in total. The van der Waals surface area contributed by atoms with Gasteiger partial charge in [-0.3, -0.25) is 4.79 Å². The van der Waals surface area contributed by atoms with Gasteiger partial charge in [0, 0.05) is 45.2 Å². The van der Waals surface area contributed by atoms with Crippen molar-refractivity contribution in [3.63, 3.8) is 0 Å². The van der Waals surface area contributed by atoms with Crippen molar-refractivity contribution in [1.82, 2.24) is 20.1 Å². The number of hydrogen-bond donors (Lipinski definition) is 0. The van der Waals surface area contributed by atoms with Gasteiger partial charge in [-0.15, -0.1) is 0 Å². The Labute approximate surface area is 176 Å². The van der Waals surface area contributed by atoms with E-state index in [1.807, 2.05) is 30.3 Å². The average molecular weight is 406 g/mol. The van der Waals surface area contributed by atoms with Crippen LogP contribution in [0.5, 0.6) is 0 Å².